The third-order valence-electron chi connectivity index (χ3n) is 4.93. The molecule has 3 aromatic rings. The number of aromatic nitrogens is 3. The third-order valence-corrected chi connectivity index (χ3v) is 5.28. The molecule has 0 spiro atoms. The summed E-state index contributed by atoms with van der Waals surface area (Å²) in [6.07, 6.45) is 8.00. The molecule has 6 heteroatoms. The van der Waals surface area contributed by atoms with Gasteiger partial charge >= 0.3 is 0 Å². The van der Waals surface area contributed by atoms with E-state index in [0.29, 0.717) is 12.6 Å². The van der Waals surface area contributed by atoms with Gasteiger partial charge < -0.3 is 14.8 Å². The second-order valence-electron chi connectivity index (χ2n) is 7.06. The minimum Gasteiger partial charge on any atom is -0.352 e. The van der Waals surface area contributed by atoms with Crippen molar-refractivity contribution in [2.75, 3.05) is 0 Å². The molecule has 1 N–H and O–H groups in total. The van der Waals surface area contributed by atoms with Gasteiger partial charge in [-0.25, -0.2) is 0 Å². The zero-order chi connectivity index (χ0) is 18.8. The van der Waals surface area contributed by atoms with E-state index in [9.17, 15) is 0 Å². The Morgan fingerprint density at radius 3 is 2.48 bits per heavy atom. The van der Waals surface area contributed by atoms with Crippen LogP contribution in [0.3, 0.4) is 0 Å². The maximum atomic E-state index is 5.70. The lowest BCUT2D eigenvalue weighted by Crippen LogP contribution is -2.29. The summed E-state index contributed by atoms with van der Waals surface area (Å²) < 4.78 is 2.23. The summed E-state index contributed by atoms with van der Waals surface area (Å²) in [5.41, 5.74) is 3.21. The number of thiocarbonyl (C=S) groups is 1. The van der Waals surface area contributed by atoms with Crippen LogP contribution in [0.15, 0.2) is 67.3 Å². The fourth-order valence-corrected chi connectivity index (χ4v) is 3.84. The molecule has 27 heavy (non-hydrogen) atoms. The van der Waals surface area contributed by atoms with Crippen molar-refractivity contribution in [1.82, 2.24) is 24.8 Å². The Balaban J connectivity index is 1.73. The van der Waals surface area contributed by atoms with E-state index < -0.39 is 0 Å². The van der Waals surface area contributed by atoms with Crippen LogP contribution in [0.5, 0.6) is 0 Å². The van der Waals surface area contributed by atoms with Gasteiger partial charge in [-0.2, -0.15) is 0 Å². The largest absolute Gasteiger partial charge is 0.352 e. The smallest absolute Gasteiger partial charge is 0.170 e. The fourth-order valence-electron chi connectivity index (χ4n) is 3.53. The molecule has 0 bridgehead atoms. The van der Waals surface area contributed by atoms with Crippen molar-refractivity contribution in [2.24, 2.45) is 0 Å². The molecule has 138 valence electrons. The van der Waals surface area contributed by atoms with E-state index in [2.05, 4.69) is 63.1 Å². The van der Waals surface area contributed by atoms with Crippen molar-refractivity contribution in [3.63, 3.8) is 0 Å². The Kier molecular flexibility index (Phi) is 4.90. The second kappa shape index (κ2) is 7.48. The molecule has 1 saturated heterocycles. The molecular formula is C21H23N5S. The minimum atomic E-state index is 0.00502. The van der Waals surface area contributed by atoms with Gasteiger partial charge in [-0.1, -0.05) is 12.1 Å². The van der Waals surface area contributed by atoms with Crippen LogP contribution in [0.25, 0.3) is 0 Å². The van der Waals surface area contributed by atoms with Crippen LogP contribution >= 0.6 is 12.2 Å². The van der Waals surface area contributed by atoms with E-state index in [1.807, 2.05) is 42.7 Å². The van der Waals surface area contributed by atoms with E-state index in [1.54, 1.807) is 0 Å². The van der Waals surface area contributed by atoms with Gasteiger partial charge in [0.25, 0.3) is 0 Å². The third kappa shape index (κ3) is 3.57. The molecule has 2 atom stereocenters. The number of nitrogens with zero attached hydrogens (tertiary/aromatic N) is 4. The molecule has 0 radical (unpaired) electrons. The molecule has 3 aromatic heterocycles. The SMILES string of the molecule is CC(C)n1ccc([C@@H]2[C@@H](c3ccccn3)NC(=S)N2Cc2ccccn2)c1. The van der Waals surface area contributed by atoms with Crippen molar-refractivity contribution in [3.8, 4) is 0 Å². The van der Waals surface area contributed by atoms with Crippen LogP contribution < -0.4 is 5.32 Å². The van der Waals surface area contributed by atoms with Crippen LogP contribution in [0.2, 0.25) is 0 Å². The summed E-state index contributed by atoms with van der Waals surface area (Å²) in [7, 11) is 0. The zero-order valence-electron chi connectivity index (χ0n) is 15.5. The maximum Gasteiger partial charge on any atom is 0.170 e. The van der Waals surface area contributed by atoms with Crippen LogP contribution in [-0.2, 0) is 6.54 Å². The van der Waals surface area contributed by atoms with Crippen LogP contribution in [-0.4, -0.2) is 24.5 Å². The first-order valence-corrected chi connectivity index (χ1v) is 9.59. The molecule has 0 aliphatic carbocycles. The van der Waals surface area contributed by atoms with E-state index >= 15 is 0 Å². The number of hydrogen-bond donors (Lipinski definition) is 1. The number of pyridine rings is 2. The summed E-state index contributed by atoms with van der Waals surface area (Å²) in [6.45, 7) is 5.03. The average molecular weight is 378 g/mol. The number of nitrogens with one attached hydrogen (secondary N) is 1. The number of rotatable bonds is 5. The first-order chi connectivity index (χ1) is 13.1. The lowest BCUT2D eigenvalue weighted by molar-refractivity contribution is 0.308. The fraction of sp³-hybridized carbons (Fsp3) is 0.286. The molecule has 4 heterocycles. The Morgan fingerprint density at radius 2 is 1.85 bits per heavy atom. The van der Waals surface area contributed by atoms with Crippen molar-refractivity contribution in [3.05, 3.63) is 84.2 Å². The molecular weight excluding hydrogens is 354 g/mol. The highest BCUT2D eigenvalue weighted by atomic mass is 32.1. The van der Waals surface area contributed by atoms with Crippen LogP contribution in [0.4, 0.5) is 0 Å². The first-order valence-electron chi connectivity index (χ1n) is 9.19. The Morgan fingerprint density at radius 1 is 1.07 bits per heavy atom. The normalized spacial score (nSPS) is 19.5. The maximum absolute atomic E-state index is 5.70. The van der Waals surface area contributed by atoms with Crippen molar-refractivity contribution in [1.29, 1.82) is 0 Å². The summed E-state index contributed by atoms with van der Waals surface area (Å²) in [5, 5.41) is 4.22. The lowest BCUT2D eigenvalue weighted by Gasteiger charge is -2.27. The highest BCUT2D eigenvalue weighted by Gasteiger charge is 2.40. The molecule has 1 fully saturated rings. The summed E-state index contributed by atoms with van der Waals surface area (Å²) in [6, 6.07) is 14.6. The molecule has 1 aliphatic heterocycles. The van der Waals surface area contributed by atoms with E-state index in [0.717, 1.165) is 16.5 Å². The summed E-state index contributed by atoms with van der Waals surface area (Å²) in [5.74, 6) is 0. The quantitative estimate of drug-likeness (QED) is 0.680. The lowest BCUT2D eigenvalue weighted by atomic mass is 9.99. The Labute approximate surface area is 165 Å². The van der Waals surface area contributed by atoms with Gasteiger partial charge in [0.1, 0.15) is 0 Å². The average Bonchev–Trinajstić information content (AvgIpc) is 3.29. The van der Waals surface area contributed by atoms with Gasteiger partial charge in [-0.15, -0.1) is 0 Å². The van der Waals surface area contributed by atoms with Gasteiger partial charge in [0, 0.05) is 30.8 Å². The van der Waals surface area contributed by atoms with E-state index in [1.165, 1.54) is 5.56 Å². The zero-order valence-corrected chi connectivity index (χ0v) is 16.3. The van der Waals surface area contributed by atoms with Gasteiger partial charge in [0.2, 0.25) is 0 Å². The summed E-state index contributed by atoms with van der Waals surface area (Å²) >= 11 is 5.70. The van der Waals surface area contributed by atoms with Crippen molar-refractivity contribution >= 4 is 17.3 Å². The highest BCUT2D eigenvalue weighted by molar-refractivity contribution is 7.80. The molecule has 0 aromatic carbocycles. The highest BCUT2D eigenvalue weighted by Crippen LogP contribution is 2.39. The molecule has 5 nitrogen and oxygen atoms in total. The molecule has 4 rings (SSSR count). The van der Waals surface area contributed by atoms with E-state index in [-0.39, 0.29) is 12.1 Å². The molecule has 0 unspecified atom stereocenters. The van der Waals surface area contributed by atoms with Gasteiger partial charge in [0.05, 0.1) is 30.0 Å². The van der Waals surface area contributed by atoms with Gasteiger partial charge in [-0.05, 0) is 62.0 Å². The Bertz CT molecular complexity index is 907. The predicted octanol–water partition coefficient (Wildman–Crippen LogP) is 4.03. The van der Waals surface area contributed by atoms with E-state index in [4.69, 9.17) is 12.2 Å². The topological polar surface area (TPSA) is 46.0 Å². The van der Waals surface area contributed by atoms with Gasteiger partial charge in [0.15, 0.2) is 5.11 Å². The minimum absolute atomic E-state index is 0.00502. The molecule has 1 aliphatic rings. The predicted molar refractivity (Wildman–Crippen MR) is 110 cm³/mol. The van der Waals surface area contributed by atoms with Crippen LogP contribution in [0.1, 0.15) is 48.9 Å². The Hall–Kier alpha value is -2.73. The van der Waals surface area contributed by atoms with Crippen LogP contribution in [0, 0.1) is 0 Å². The van der Waals surface area contributed by atoms with Crippen molar-refractivity contribution < 1.29 is 0 Å². The standard InChI is InChI=1S/C21H23N5S/c1-15(2)25-12-9-16(13-25)20-19(18-8-4-6-11-23-18)24-21(27)26(20)14-17-7-3-5-10-22-17/h3-13,15,19-20H,14H2,1-2H3,(H,24,27)/t19-,20-/m1/s1. The number of hydrogen-bond acceptors (Lipinski definition) is 3. The second-order valence-corrected chi connectivity index (χ2v) is 7.45. The van der Waals surface area contributed by atoms with Crippen molar-refractivity contribution in [2.45, 2.75) is 38.5 Å². The molecule has 0 amide bonds. The van der Waals surface area contributed by atoms with Gasteiger partial charge in [-0.3, -0.25) is 9.97 Å². The summed E-state index contributed by atoms with van der Waals surface area (Å²) in [4.78, 5) is 11.3. The monoisotopic (exact) mass is 377 g/mol. The first kappa shape index (κ1) is 17.7. The molecule has 0 saturated carbocycles.